The van der Waals surface area contributed by atoms with Gasteiger partial charge in [-0.2, -0.15) is 5.10 Å². The average molecular weight is 385 g/mol. The van der Waals surface area contributed by atoms with Crippen LogP contribution in [-0.2, 0) is 16.1 Å². The van der Waals surface area contributed by atoms with E-state index in [2.05, 4.69) is 5.10 Å². The van der Waals surface area contributed by atoms with Crippen LogP contribution in [0.15, 0.2) is 30.3 Å². The van der Waals surface area contributed by atoms with Gasteiger partial charge in [0.15, 0.2) is 0 Å². The molecule has 150 valence electrons. The van der Waals surface area contributed by atoms with Gasteiger partial charge in [-0.25, -0.2) is 4.79 Å². The minimum absolute atomic E-state index is 0.193. The van der Waals surface area contributed by atoms with E-state index < -0.39 is 6.04 Å². The SMILES string of the molecule is CCOc1ccccc1C(=O)N1CCCC1C(=O)OCCn1nc(C)cc1C. The van der Waals surface area contributed by atoms with Gasteiger partial charge >= 0.3 is 5.97 Å². The van der Waals surface area contributed by atoms with Crippen LogP contribution in [0.5, 0.6) is 5.75 Å². The van der Waals surface area contributed by atoms with Gasteiger partial charge in [0.1, 0.15) is 18.4 Å². The Balaban J connectivity index is 1.63. The summed E-state index contributed by atoms with van der Waals surface area (Å²) in [5, 5.41) is 4.36. The van der Waals surface area contributed by atoms with Gasteiger partial charge < -0.3 is 14.4 Å². The zero-order chi connectivity index (χ0) is 20.1. The second kappa shape index (κ2) is 8.91. The number of aryl methyl sites for hydroxylation is 2. The summed E-state index contributed by atoms with van der Waals surface area (Å²) in [5.74, 6) is -0.0122. The molecule has 0 aliphatic carbocycles. The van der Waals surface area contributed by atoms with E-state index in [0.717, 1.165) is 17.8 Å². The highest BCUT2D eigenvalue weighted by atomic mass is 16.5. The quantitative estimate of drug-likeness (QED) is 0.685. The Kier molecular flexibility index (Phi) is 6.34. The van der Waals surface area contributed by atoms with E-state index in [9.17, 15) is 9.59 Å². The molecule has 28 heavy (non-hydrogen) atoms. The van der Waals surface area contributed by atoms with Crippen molar-refractivity contribution in [3.63, 3.8) is 0 Å². The van der Waals surface area contributed by atoms with Crippen molar-refractivity contribution in [2.45, 2.75) is 46.2 Å². The maximum Gasteiger partial charge on any atom is 0.328 e. The lowest BCUT2D eigenvalue weighted by Gasteiger charge is -2.24. The lowest BCUT2D eigenvalue weighted by Crippen LogP contribution is -2.41. The van der Waals surface area contributed by atoms with Crippen molar-refractivity contribution in [1.29, 1.82) is 0 Å². The molecule has 1 aromatic carbocycles. The number of carbonyl (C=O) groups excluding carboxylic acids is 2. The maximum atomic E-state index is 13.0. The van der Waals surface area contributed by atoms with Gasteiger partial charge in [-0.1, -0.05) is 12.1 Å². The number of carbonyl (C=O) groups is 2. The van der Waals surface area contributed by atoms with E-state index in [0.29, 0.717) is 37.4 Å². The lowest BCUT2D eigenvalue weighted by molar-refractivity contribution is -0.148. The number of amides is 1. The highest BCUT2D eigenvalue weighted by Crippen LogP contribution is 2.26. The molecule has 1 aromatic heterocycles. The average Bonchev–Trinajstić information content (AvgIpc) is 3.28. The molecule has 2 heterocycles. The summed E-state index contributed by atoms with van der Waals surface area (Å²) < 4.78 is 12.8. The largest absolute Gasteiger partial charge is 0.493 e. The van der Waals surface area contributed by atoms with Crippen molar-refractivity contribution in [1.82, 2.24) is 14.7 Å². The Morgan fingerprint density at radius 2 is 2.04 bits per heavy atom. The summed E-state index contributed by atoms with van der Waals surface area (Å²) in [6.45, 7) is 7.51. The molecule has 1 saturated heterocycles. The van der Waals surface area contributed by atoms with Crippen molar-refractivity contribution in [2.24, 2.45) is 0 Å². The molecule has 0 bridgehead atoms. The molecular formula is C21H27N3O4. The number of benzene rings is 1. The van der Waals surface area contributed by atoms with Crippen LogP contribution in [0.4, 0.5) is 0 Å². The van der Waals surface area contributed by atoms with Crippen molar-refractivity contribution < 1.29 is 19.1 Å². The molecule has 1 unspecified atom stereocenters. The van der Waals surface area contributed by atoms with Gasteiger partial charge in [-0.3, -0.25) is 9.48 Å². The van der Waals surface area contributed by atoms with Crippen LogP contribution in [0.3, 0.4) is 0 Å². The number of rotatable bonds is 7. The molecule has 1 fully saturated rings. The number of hydrogen-bond donors (Lipinski definition) is 0. The number of aromatic nitrogens is 2. The van der Waals surface area contributed by atoms with E-state index in [-0.39, 0.29) is 18.5 Å². The standard InChI is InChI=1S/C21H27N3O4/c1-4-27-19-10-6-5-8-17(19)20(25)23-11-7-9-18(23)21(26)28-13-12-24-16(3)14-15(2)22-24/h5-6,8,10,14,18H,4,7,9,11-13H2,1-3H3. The van der Waals surface area contributed by atoms with E-state index >= 15 is 0 Å². The summed E-state index contributed by atoms with van der Waals surface area (Å²) in [5.41, 5.74) is 2.44. The molecule has 1 amide bonds. The second-order valence-corrected chi connectivity index (χ2v) is 6.90. The summed E-state index contributed by atoms with van der Waals surface area (Å²) in [7, 11) is 0. The molecular weight excluding hydrogens is 358 g/mol. The zero-order valence-corrected chi connectivity index (χ0v) is 16.7. The van der Waals surface area contributed by atoms with Crippen molar-refractivity contribution in [2.75, 3.05) is 19.8 Å². The van der Waals surface area contributed by atoms with Crippen molar-refractivity contribution in [3.05, 3.63) is 47.3 Å². The molecule has 0 saturated carbocycles. The van der Waals surface area contributed by atoms with Crippen LogP contribution in [0.25, 0.3) is 0 Å². The molecule has 2 aromatic rings. The summed E-state index contributed by atoms with van der Waals surface area (Å²) >= 11 is 0. The van der Waals surface area contributed by atoms with Gasteiger partial charge in [0, 0.05) is 12.2 Å². The predicted octanol–water partition coefficient (Wildman–Crippen LogP) is 2.75. The molecule has 0 spiro atoms. The monoisotopic (exact) mass is 385 g/mol. The normalized spacial score (nSPS) is 16.2. The Hall–Kier alpha value is -2.83. The second-order valence-electron chi connectivity index (χ2n) is 6.90. The van der Waals surface area contributed by atoms with Crippen molar-refractivity contribution >= 4 is 11.9 Å². The first-order chi connectivity index (χ1) is 13.5. The van der Waals surface area contributed by atoms with Crippen LogP contribution in [0, 0.1) is 13.8 Å². The lowest BCUT2D eigenvalue weighted by atomic mass is 10.1. The molecule has 1 aliphatic rings. The molecule has 7 nitrogen and oxygen atoms in total. The van der Waals surface area contributed by atoms with Crippen molar-refractivity contribution in [3.8, 4) is 5.75 Å². The molecule has 7 heteroatoms. The van der Waals surface area contributed by atoms with E-state index in [1.807, 2.05) is 37.6 Å². The summed E-state index contributed by atoms with van der Waals surface area (Å²) in [4.78, 5) is 27.2. The Morgan fingerprint density at radius 3 is 2.75 bits per heavy atom. The molecule has 3 rings (SSSR count). The molecule has 0 radical (unpaired) electrons. The molecule has 1 aliphatic heterocycles. The highest BCUT2D eigenvalue weighted by molar-refractivity contribution is 5.99. The fourth-order valence-electron chi connectivity index (χ4n) is 3.56. The number of likely N-dealkylation sites (tertiary alicyclic amines) is 1. The first-order valence-corrected chi connectivity index (χ1v) is 9.71. The number of hydrogen-bond acceptors (Lipinski definition) is 5. The van der Waals surface area contributed by atoms with Gasteiger partial charge in [0.2, 0.25) is 0 Å². The smallest absolute Gasteiger partial charge is 0.328 e. The topological polar surface area (TPSA) is 73.7 Å². The Bertz CT molecular complexity index is 846. The van der Waals surface area contributed by atoms with E-state index in [4.69, 9.17) is 9.47 Å². The Morgan fingerprint density at radius 1 is 1.25 bits per heavy atom. The first-order valence-electron chi connectivity index (χ1n) is 9.71. The highest BCUT2D eigenvalue weighted by Gasteiger charge is 2.36. The van der Waals surface area contributed by atoms with Crippen LogP contribution in [0.1, 0.15) is 41.5 Å². The van der Waals surface area contributed by atoms with Crippen LogP contribution in [0.2, 0.25) is 0 Å². The van der Waals surface area contributed by atoms with E-state index in [1.165, 1.54) is 0 Å². The summed E-state index contributed by atoms with van der Waals surface area (Å²) in [6, 6.07) is 8.56. The fraction of sp³-hybridized carbons (Fsp3) is 0.476. The van der Waals surface area contributed by atoms with E-state index in [1.54, 1.807) is 23.1 Å². The number of esters is 1. The third kappa shape index (κ3) is 4.35. The predicted molar refractivity (Wildman–Crippen MR) is 104 cm³/mol. The number of nitrogens with zero attached hydrogens (tertiary/aromatic N) is 3. The fourth-order valence-corrected chi connectivity index (χ4v) is 3.56. The minimum atomic E-state index is -0.553. The van der Waals surface area contributed by atoms with Crippen LogP contribution >= 0.6 is 0 Å². The van der Waals surface area contributed by atoms with Gasteiger partial charge in [0.25, 0.3) is 5.91 Å². The van der Waals surface area contributed by atoms with Gasteiger partial charge in [-0.15, -0.1) is 0 Å². The number of ether oxygens (including phenoxy) is 2. The Labute approximate surface area is 165 Å². The summed E-state index contributed by atoms with van der Waals surface area (Å²) in [6.07, 6.45) is 1.39. The van der Waals surface area contributed by atoms with Gasteiger partial charge in [-0.05, 0) is 51.8 Å². The minimum Gasteiger partial charge on any atom is -0.493 e. The zero-order valence-electron chi connectivity index (χ0n) is 16.7. The number of para-hydroxylation sites is 1. The molecule has 1 atom stereocenters. The third-order valence-electron chi connectivity index (χ3n) is 4.85. The third-order valence-corrected chi connectivity index (χ3v) is 4.85. The van der Waals surface area contributed by atoms with Gasteiger partial charge in [0.05, 0.1) is 24.4 Å². The maximum absolute atomic E-state index is 13.0. The molecule has 0 N–H and O–H groups in total. The first kappa shape index (κ1) is 19.9. The van der Waals surface area contributed by atoms with Crippen LogP contribution < -0.4 is 4.74 Å². The van der Waals surface area contributed by atoms with Crippen LogP contribution in [-0.4, -0.2) is 52.4 Å².